The average molecular weight is 142 g/mol. The molecule has 54 valence electrons. The van der Waals surface area contributed by atoms with E-state index in [1.54, 1.807) is 6.07 Å². The lowest BCUT2D eigenvalue weighted by molar-refractivity contribution is 0.0683. The van der Waals surface area contributed by atoms with Gasteiger partial charge in [0.25, 0.3) is 0 Å². The molecule has 1 aromatic heterocycles. The van der Waals surface area contributed by atoms with Gasteiger partial charge in [-0.15, -0.1) is 0 Å². The number of hydrogen-bond acceptors (Lipinski definition) is 3. The van der Waals surface area contributed by atoms with Gasteiger partial charge in [-0.25, -0.2) is 14.8 Å². The van der Waals surface area contributed by atoms with E-state index in [9.17, 15) is 4.79 Å². The zero-order valence-corrected chi connectivity index (χ0v) is 4.98. The second-order valence-electron chi connectivity index (χ2n) is 1.38. The molecule has 0 amide bonds. The third-order valence-corrected chi connectivity index (χ3v) is 0.757. The summed E-state index contributed by atoms with van der Waals surface area (Å²) < 4.78 is 0. The second kappa shape index (κ2) is 3.52. The van der Waals surface area contributed by atoms with E-state index in [0.717, 1.165) is 0 Å². The highest BCUT2D eigenvalue weighted by molar-refractivity contribution is 5.82. The molecule has 0 unspecified atom stereocenters. The third-order valence-electron chi connectivity index (χ3n) is 0.757. The zero-order valence-electron chi connectivity index (χ0n) is 4.98. The van der Waals surface area contributed by atoms with Crippen molar-refractivity contribution < 1.29 is 15.4 Å². The molecule has 0 aliphatic heterocycles. The van der Waals surface area contributed by atoms with Crippen LogP contribution >= 0.6 is 0 Å². The minimum Gasteiger partial charge on any atom is -0.475 e. The lowest BCUT2D eigenvalue weighted by Gasteiger charge is -1.86. The van der Waals surface area contributed by atoms with Gasteiger partial charge >= 0.3 is 5.97 Å². The van der Waals surface area contributed by atoms with Crippen molar-refractivity contribution in [3.05, 3.63) is 24.3 Å². The molecule has 1 rings (SSSR count). The monoisotopic (exact) mass is 142 g/mol. The summed E-state index contributed by atoms with van der Waals surface area (Å²) in [6.45, 7) is 0. The molecule has 0 saturated heterocycles. The Labute approximate surface area is 56.7 Å². The Morgan fingerprint density at radius 3 is 2.20 bits per heavy atom. The van der Waals surface area contributed by atoms with E-state index in [2.05, 4.69) is 9.97 Å². The fourth-order valence-electron chi connectivity index (χ4n) is 0.410. The van der Waals surface area contributed by atoms with Gasteiger partial charge in [0.05, 0.1) is 0 Å². The predicted molar refractivity (Wildman–Crippen MR) is 32.6 cm³/mol. The number of nitrogens with zero attached hydrogens (tertiary/aromatic N) is 2. The normalized spacial score (nSPS) is 8.00. The molecule has 5 nitrogen and oxygen atoms in total. The quantitative estimate of drug-likeness (QED) is 0.563. The summed E-state index contributed by atoms with van der Waals surface area (Å²) in [7, 11) is 0. The van der Waals surface area contributed by atoms with Crippen molar-refractivity contribution in [3.8, 4) is 0 Å². The maximum atomic E-state index is 10.1. The van der Waals surface area contributed by atoms with Crippen LogP contribution in [0.4, 0.5) is 0 Å². The van der Waals surface area contributed by atoms with Crippen molar-refractivity contribution in [2.75, 3.05) is 0 Å². The Hall–Kier alpha value is -1.49. The van der Waals surface area contributed by atoms with Crippen molar-refractivity contribution in [3.63, 3.8) is 0 Å². The number of hydrogen-bond donors (Lipinski definition) is 1. The van der Waals surface area contributed by atoms with Crippen LogP contribution in [0.3, 0.4) is 0 Å². The van der Waals surface area contributed by atoms with Gasteiger partial charge in [-0.1, -0.05) is 0 Å². The first-order chi connectivity index (χ1) is 4.30. The molecule has 5 heteroatoms. The number of carboxylic acid groups (broad SMARTS) is 1. The smallest absolute Gasteiger partial charge is 0.373 e. The highest BCUT2D eigenvalue weighted by Gasteiger charge is 2.01. The van der Waals surface area contributed by atoms with Gasteiger partial charge in [0.1, 0.15) is 0 Å². The first-order valence-corrected chi connectivity index (χ1v) is 2.31. The number of aromatic nitrogens is 2. The molecule has 0 aromatic carbocycles. The van der Waals surface area contributed by atoms with Gasteiger partial charge in [0, 0.05) is 12.4 Å². The molecule has 0 aliphatic rings. The SMILES string of the molecule is O.O=C(O)c1ncccn1. The van der Waals surface area contributed by atoms with Gasteiger partial charge in [-0.2, -0.15) is 0 Å². The largest absolute Gasteiger partial charge is 0.475 e. The van der Waals surface area contributed by atoms with Gasteiger partial charge in [0.15, 0.2) is 0 Å². The van der Waals surface area contributed by atoms with Gasteiger partial charge in [0.2, 0.25) is 5.82 Å². The number of carboxylic acids is 1. The van der Waals surface area contributed by atoms with Crippen LogP contribution in [0, 0.1) is 0 Å². The molecule has 0 aliphatic carbocycles. The Bertz CT molecular complexity index is 211. The van der Waals surface area contributed by atoms with Crippen molar-refractivity contribution in [1.82, 2.24) is 9.97 Å². The molecular formula is C5H6N2O3. The van der Waals surface area contributed by atoms with E-state index >= 15 is 0 Å². The van der Waals surface area contributed by atoms with Crippen LogP contribution in [0.25, 0.3) is 0 Å². The van der Waals surface area contributed by atoms with E-state index in [4.69, 9.17) is 5.11 Å². The van der Waals surface area contributed by atoms with Gasteiger partial charge < -0.3 is 10.6 Å². The molecule has 0 bridgehead atoms. The summed E-state index contributed by atoms with van der Waals surface area (Å²) in [6.07, 6.45) is 2.77. The van der Waals surface area contributed by atoms with Crippen molar-refractivity contribution >= 4 is 5.97 Å². The average Bonchev–Trinajstić information content (AvgIpc) is 1.90. The third kappa shape index (κ3) is 1.79. The van der Waals surface area contributed by atoms with Crippen LogP contribution in [0.1, 0.15) is 10.6 Å². The predicted octanol–water partition coefficient (Wildman–Crippen LogP) is -0.650. The summed E-state index contributed by atoms with van der Waals surface area (Å²) >= 11 is 0. The molecular weight excluding hydrogens is 136 g/mol. The molecule has 1 aromatic rings. The molecule has 0 atom stereocenters. The maximum Gasteiger partial charge on any atom is 0.373 e. The van der Waals surface area contributed by atoms with Crippen LogP contribution in [-0.2, 0) is 0 Å². The first-order valence-electron chi connectivity index (χ1n) is 2.31. The molecule has 1 heterocycles. The van der Waals surface area contributed by atoms with Crippen molar-refractivity contribution in [2.45, 2.75) is 0 Å². The lowest BCUT2D eigenvalue weighted by atomic mass is 10.6. The summed E-state index contributed by atoms with van der Waals surface area (Å²) in [5, 5.41) is 8.26. The molecule has 0 fully saturated rings. The van der Waals surface area contributed by atoms with E-state index < -0.39 is 5.97 Å². The summed E-state index contributed by atoms with van der Waals surface area (Å²) in [6, 6.07) is 1.56. The minimum atomic E-state index is -1.10. The van der Waals surface area contributed by atoms with Gasteiger partial charge in [-0.3, -0.25) is 0 Å². The second-order valence-corrected chi connectivity index (χ2v) is 1.38. The Morgan fingerprint density at radius 2 is 1.90 bits per heavy atom. The van der Waals surface area contributed by atoms with E-state index in [-0.39, 0.29) is 11.3 Å². The summed E-state index contributed by atoms with van der Waals surface area (Å²) in [4.78, 5) is 17.0. The number of aromatic carboxylic acids is 1. The molecule has 0 saturated carbocycles. The highest BCUT2D eigenvalue weighted by Crippen LogP contribution is 1.84. The molecule has 0 radical (unpaired) electrons. The maximum absolute atomic E-state index is 10.1. The Balaban J connectivity index is 0.000000810. The first kappa shape index (κ1) is 8.51. The van der Waals surface area contributed by atoms with Crippen LogP contribution in [0.2, 0.25) is 0 Å². The Kier molecular flexibility index (Phi) is 2.99. The fraction of sp³-hybridized carbons (Fsp3) is 0. The van der Waals surface area contributed by atoms with Crippen LogP contribution in [0.15, 0.2) is 18.5 Å². The number of carbonyl (C=O) groups is 1. The Morgan fingerprint density at radius 1 is 1.40 bits per heavy atom. The molecule has 0 spiro atoms. The number of rotatable bonds is 1. The van der Waals surface area contributed by atoms with Crippen LogP contribution < -0.4 is 0 Å². The van der Waals surface area contributed by atoms with E-state index in [0.29, 0.717) is 0 Å². The lowest BCUT2D eigenvalue weighted by Crippen LogP contribution is -2.01. The zero-order chi connectivity index (χ0) is 6.69. The summed E-state index contributed by atoms with van der Waals surface area (Å²) in [5.74, 6) is -1.27. The molecule has 10 heavy (non-hydrogen) atoms. The van der Waals surface area contributed by atoms with E-state index in [1.165, 1.54) is 12.4 Å². The highest BCUT2D eigenvalue weighted by atomic mass is 16.4. The molecule has 3 N–H and O–H groups in total. The van der Waals surface area contributed by atoms with Crippen LogP contribution in [0.5, 0.6) is 0 Å². The topological polar surface area (TPSA) is 94.6 Å². The fourth-order valence-corrected chi connectivity index (χ4v) is 0.410. The van der Waals surface area contributed by atoms with E-state index in [1.807, 2.05) is 0 Å². The minimum absolute atomic E-state index is 0. The van der Waals surface area contributed by atoms with Gasteiger partial charge in [-0.05, 0) is 6.07 Å². The van der Waals surface area contributed by atoms with Crippen molar-refractivity contribution in [2.24, 2.45) is 0 Å². The standard InChI is InChI=1S/C5H4N2O2.H2O/c8-5(9)4-6-2-1-3-7-4;/h1-3H,(H,8,9);1H2. The summed E-state index contributed by atoms with van der Waals surface area (Å²) in [5.41, 5.74) is 0. The van der Waals surface area contributed by atoms with Crippen molar-refractivity contribution in [1.29, 1.82) is 0 Å². The van der Waals surface area contributed by atoms with Crippen LogP contribution in [-0.4, -0.2) is 26.5 Å².